The van der Waals surface area contributed by atoms with E-state index in [-0.39, 0.29) is 11.6 Å². The summed E-state index contributed by atoms with van der Waals surface area (Å²) < 4.78 is 18.9. The highest BCUT2D eigenvalue weighted by Crippen LogP contribution is 2.25. The van der Waals surface area contributed by atoms with Gasteiger partial charge >= 0.3 is 0 Å². The molecular formula is C13H10BrFO2. The number of aromatic hydroxyl groups is 1. The molecule has 0 aromatic heterocycles. The number of rotatable bonds is 3. The van der Waals surface area contributed by atoms with E-state index >= 15 is 0 Å². The van der Waals surface area contributed by atoms with Crippen molar-refractivity contribution in [1.82, 2.24) is 0 Å². The number of benzene rings is 2. The normalized spacial score (nSPS) is 10.2. The van der Waals surface area contributed by atoms with Crippen molar-refractivity contribution in [3.05, 3.63) is 58.3 Å². The van der Waals surface area contributed by atoms with Crippen molar-refractivity contribution in [2.75, 3.05) is 0 Å². The lowest BCUT2D eigenvalue weighted by Crippen LogP contribution is -1.95. The van der Waals surface area contributed by atoms with Crippen molar-refractivity contribution in [3.8, 4) is 11.5 Å². The molecule has 2 aromatic carbocycles. The molecule has 2 nitrogen and oxygen atoms in total. The highest BCUT2D eigenvalue weighted by Gasteiger charge is 2.01. The van der Waals surface area contributed by atoms with Crippen molar-refractivity contribution < 1.29 is 14.2 Å². The maximum absolute atomic E-state index is 12.9. The maximum atomic E-state index is 12.9. The van der Waals surface area contributed by atoms with Gasteiger partial charge in [0.25, 0.3) is 0 Å². The first kappa shape index (κ1) is 11.9. The highest BCUT2D eigenvalue weighted by molar-refractivity contribution is 9.10. The Morgan fingerprint density at radius 3 is 2.71 bits per heavy atom. The standard InChI is InChI=1S/C13H10BrFO2/c14-12-6-9(4-5-13(12)16)8-17-11-3-1-2-10(15)7-11/h1-7,16H,8H2. The number of ether oxygens (including phenoxy) is 1. The number of phenolic OH excluding ortho intramolecular Hbond substituents is 1. The van der Waals surface area contributed by atoms with E-state index < -0.39 is 0 Å². The number of hydrogen-bond donors (Lipinski definition) is 1. The highest BCUT2D eigenvalue weighted by atomic mass is 79.9. The van der Waals surface area contributed by atoms with Crippen molar-refractivity contribution in [2.24, 2.45) is 0 Å². The van der Waals surface area contributed by atoms with Crippen LogP contribution in [0.25, 0.3) is 0 Å². The Morgan fingerprint density at radius 1 is 1.18 bits per heavy atom. The van der Waals surface area contributed by atoms with Crippen LogP contribution >= 0.6 is 15.9 Å². The molecule has 0 spiro atoms. The molecule has 0 aliphatic heterocycles. The van der Waals surface area contributed by atoms with Crippen molar-refractivity contribution in [2.45, 2.75) is 6.61 Å². The molecule has 2 aromatic rings. The zero-order chi connectivity index (χ0) is 12.3. The first-order valence-corrected chi connectivity index (χ1v) is 5.80. The summed E-state index contributed by atoms with van der Waals surface area (Å²) >= 11 is 3.22. The minimum atomic E-state index is -0.325. The summed E-state index contributed by atoms with van der Waals surface area (Å²) in [6, 6.07) is 11.1. The van der Waals surface area contributed by atoms with Gasteiger partial charge in [0.15, 0.2) is 0 Å². The third kappa shape index (κ3) is 3.20. The Bertz CT molecular complexity index is 529. The third-order valence-electron chi connectivity index (χ3n) is 2.21. The minimum absolute atomic E-state index is 0.180. The largest absolute Gasteiger partial charge is 0.507 e. The second-order valence-electron chi connectivity index (χ2n) is 3.53. The van der Waals surface area contributed by atoms with Crippen LogP contribution < -0.4 is 4.74 Å². The van der Waals surface area contributed by atoms with E-state index in [2.05, 4.69) is 15.9 Å². The van der Waals surface area contributed by atoms with Crippen molar-refractivity contribution in [1.29, 1.82) is 0 Å². The van der Waals surface area contributed by atoms with Crippen LogP contribution in [0.1, 0.15) is 5.56 Å². The van der Waals surface area contributed by atoms with Gasteiger partial charge in [-0.25, -0.2) is 4.39 Å². The number of hydrogen-bond acceptors (Lipinski definition) is 2. The third-order valence-corrected chi connectivity index (χ3v) is 2.85. The van der Waals surface area contributed by atoms with E-state index in [9.17, 15) is 9.50 Å². The molecule has 2 rings (SSSR count). The first-order chi connectivity index (χ1) is 8.15. The topological polar surface area (TPSA) is 29.5 Å². The molecule has 0 unspecified atom stereocenters. The fourth-order valence-electron chi connectivity index (χ4n) is 1.36. The van der Waals surface area contributed by atoms with Crippen LogP contribution in [0.3, 0.4) is 0 Å². The lowest BCUT2D eigenvalue weighted by molar-refractivity contribution is 0.304. The summed E-state index contributed by atoms with van der Waals surface area (Å²) in [7, 11) is 0. The molecule has 17 heavy (non-hydrogen) atoms. The van der Waals surface area contributed by atoms with Crippen LogP contribution in [0.2, 0.25) is 0 Å². The van der Waals surface area contributed by atoms with E-state index in [1.807, 2.05) is 0 Å². The maximum Gasteiger partial charge on any atom is 0.129 e. The van der Waals surface area contributed by atoms with Crippen LogP contribution in [0.5, 0.6) is 11.5 Å². The second-order valence-corrected chi connectivity index (χ2v) is 4.39. The molecule has 0 amide bonds. The molecule has 4 heteroatoms. The lowest BCUT2D eigenvalue weighted by atomic mass is 10.2. The van der Waals surface area contributed by atoms with Crippen molar-refractivity contribution in [3.63, 3.8) is 0 Å². The van der Waals surface area contributed by atoms with Gasteiger partial charge in [-0.15, -0.1) is 0 Å². The molecule has 0 atom stereocenters. The van der Waals surface area contributed by atoms with Gasteiger partial charge in [0.05, 0.1) is 4.47 Å². The molecule has 1 N–H and O–H groups in total. The molecule has 0 bridgehead atoms. The van der Waals surface area contributed by atoms with Crippen LogP contribution in [-0.2, 0) is 6.61 Å². The molecule has 0 aliphatic carbocycles. The Morgan fingerprint density at radius 2 is 2.00 bits per heavy atom. The van der Waals surface area contributed by atoms with Gasteiger partial charge in [0, 0.05) is 6.07 Å². The van der Waals surface area contributed by atoms with Crippen LogP contribution in [-0.4, -0.2) is 5.11 Å². The molecule has 88 valence electrons. The Kier molecular flexibility index (Phi) is 3.64. The quantitative estimate of drug-likeness (QED) is 0.931. The van der Waals surface area contributed by atoms with Gasteiger partial charge in [0.2, 0.25) is 0 Å². The molecular weight excluding hydrogens is 287 g/mol. The predicted octanol–water partition coefficient (Wildman–Crippen LogP) is 3.87. The molecule has 0 saturated heterocycles. The van der Waals surface area contributed by atoms with Gasteiger partial charge in [-0.3, -0.25) is 0 Å². The van der Waals surface area contributed by atoms with Crippen LogP contribution in [0.15, 0.2) is 46.9 Å². The van der Waals surface area contributed by atoms with Gasteiger partial charge in [0.1, 0.15) is 23.9 Å². The molecule has 0 heterocycles. The van der Waals surface area contributed by atoms with E-state index in [4.69, 9.17) is 4.74 Å². The average molecular weight is 297 g/mol. The summed E-state index contributed by atoms with van der Waals surface area (Å²) in [6.07, 6.45) is 0. The predicted molar refractivity (Wildman–Crippen MR) is 66.5 cm³/mol. The van der Waals surface area contributed by atoms with Crippen LogP contribution in [0.4, 0.5) is 4.39 Å². The summed E-state index contributed by atoms with van der Waals surface area (Å²) in [5, 5.41) is 9.33. The Hall–Kier alpha value is -1.55. The number of halogens is 2. The van der Waals surface area contributed by atoms with Crippen molar-refractivity contribution >= 4 is 15.9 Å². The fourth-order valence-corrected chi connectivity index (χ4v) is 1.79. The second kappa shape index (κ2) is 5.19. The van der Waals surface area contributed by atoms with E-state index in [0.717, 1.165) is 5.56 Å². The van der Waals surface area contributed by atoms with Gasteiger partial charge in [-0.1, -0.05) is 12.1 Å². The average Bonchev–Trinajstić information content (AvgIpc) is 2.31. The lowest BCUT2D eigenvalue weighted by Gasteiger charge is -2.07. The van der Waals surface area contributed by atoms with Gasteiger partial charge < -0.3 is 9.84 Å². The zero-order valence-electron chi connectivity index (χ0n) is 8.86. The molecule has 0 fully saturated rings. The molecule has 0 saturated carbocycles. The summed E-state index contributed by atoms with van der Waals surface area (Å²) in [5.74, 6) is 0.336. The first-order valence-electron chi connectivity index (χ1n) is 5.01. The Balaban J connectivity index is 2.05. The van der Waals surface area contributed by atoms with E-state index in [1.165, 1.54) is 12.1 Å². The SMILES string of the molecule is Oc1ccc(COc2cccc(F)c2)cc1Br. The monoisotopic (exact) mass is 296 g/mol. The fraction of sp³-hybridized carbons (Fsp3) is 0.0769. The summed E-state index contributed by atoms with van der Waals surface area (Å²) in [5.41, 5.74) is 0.888. The van der Waals surface area contributed by atoms with E-state index in [1.54, 1.807) is 30.3 Å². The van der Waals surface area contributed by atoms with Crippen LogP contribution in [0, 0.1) is 5.82 Å². The van der Waals surface area contributed by atoms with Gasteiger partial charge in [-0.2, -0.15) is 0 Å². The summed E-state index contributed by atoms with van der Waals surface area (Å²) in [6.45, 7) is 0.322. The zero-order valence-corrected chi connectivity index (χ0v) is 10.4. The smallest absolute Gasteiger partial charge is 0.129 e. The van der Waals surface area contributed by atoms with Gasteiger partial charge in [-0.05, 0) is 45.8 Å². The van der Waals surface area contributed by atoms with E-state index in [0.29, 0.717) is 16.8 Å². The molecule has 0 aliphatic rings. The summed E-state index contributed by atoms with van der Waals surface area (Å²) in [4.78, 5) is 0. The minimum Gasteiger partial charge on any atom is -0.507 e. The number of phenols is 1. The Labute approximate surface area is 107 Å². The molecule has 0 radical (unpaired) electrons.